The van der Waals surface area contributed by atoms with Crippen LogP contribution in [0.5, 0.6) is 0 Å². The van der Waals surface area contributed by atoms with Gasteiger partial charge in [0.15, 0.2) is 0 Å². The fraction of sp³-hybridized carbons (Fsp3) is 0.565. The van der Waals surface area contributed by atoms with Crippen LogP contribution in [0, 0.1) is 0 Å². The number of guanidine groups is 1. The third-order valence-corrected chi connectivity index (χ3v) is 9.84. The molecule has 0 radical (unpaired) electrons. The number of aliphatic hydroxyl groups is 1. The van der Waals surface area contributed by atoms with E-state index in [1.165, 1.54) is 10.6 Å². The van der Waals surface area contributed by atoms with Gasteiger partial charge in [-0.05, 0) is 43.2 Å². The van der Waals surface area contributed by atoms with Gasteiger partial charge in [-0.25, -0.2) is 4.99 Å². The predicted molar refractivity (Wildman–Crippen MR) is 131 cm³/mol. The number of aromatic amines is 1. The monoisotopic (exact) mass is 486 g/mol. The van der Waals surface area contributed by atoms with Crippen LogP contribution in [0.4, 0.5) is 0 Å². The zero-order valence-electron chi connectivity index (χ0n) is 18.8. The van der Waals surface area contributed by atoms with Gasteiger partial charge in [-0.1, -0.05) is 6.07 Å². The maximum Gasteiger partial charge on any atom is 0.202 e. The maximum atomic E-state index is 12.8. The Hall–Kier alpha value is -2.01. The van der Waals surface area contributed by atoms with Gasteiger partial charge in [0.2, 0.25) is 5.96 Å². The Bertz CT molecular complexity index is 1110. The minimum Gasteiger partial charge on any atom is -0.394 e. The molecule has 1 aliphatic carbocycles. The highest BCUT2D eigenvalue weighted by molar-refractivity contribution is 7.89. The van der Waals surface area contributed by atoms with Crippen molar-refractivity contribution in [3.8, 4) is 10.6 Å². The molecule has 33 heavy (non-hydrogen) atoms. The standard InChI is InChI=1S/C23H30N6O2S2/c1-28-21(25-23(14-30)7-8-23)20-16(6-12-33(20)31)24-22(28)29-9-4-15(5-10-29)17-13-18(27-26-17)19-3-2-11-32-19/h2-3,11,13,15,21,25,30H,4-10,12,14H2,1H3,(H,26,27). The number of thiophene rings is 1. The summed E-state index contributed by atoms with van der Waals surface area (Å²) in [5.41, 5.74) is 2.98. The molecule has 2 aromatic heterocycles. The van der Waals surface area contributed by atoms with Gasteiger partial charge in [0.25, 0.3) is 0 Å². The predicted octanol–water partition coefficient (Wildman–Crippen LogP) is 2.42. The van der Waals surface area contributed by atoms with Crippen molar-refractivity contribution >= 4 is 28.1 Å². The molecule has 1 saturated heterocycles. The van der Waals surface area contributed by atoms with Crippen LogP contribution >= 0.6 is 11.3 Å². The Labute approximate surface area is 200 Å². The molecule has 2 atom stereocenters. The van der Waals surface area contributed by atoms with E-state index in [0.29, 0.717) is 11.7 Å². The summed E-state index contributed by atoms with van der Waals surface area (Å²) in [7, 11) is 1.04. The first kappa shape index (κ1) is 21.5. The summed E-state index contributed by atoms with van der Waals surface area (Å²) in [5.74, 6) is 2.07. The van der Waals surface area contributed by atoms with E-state index < -0.39 is 10.8 Å². The number of likely N-dealkylation sites (tertiary alicyclic amines) is 1. The molecule has 0 bridgehead atoms. The van der Waals surface area contributed by atoms with E-state index in [1.807, 2.05) is 7.05 Å². The van der Waals surface area contributed by atoms with E-state index in [1.54, 1.807) is 11.3 Å². The van der Waals surface area contributed by atoms with E-state index in [9.17, 15) is 9.32 Å². The Kier molecular flexibility index (Phi) is 5.44. The Morgan fingerprint density at radius 2 is 2.18 bits per heavy atom. The fourth-order valence-electron chi connectivity index (χ4n) is 5.17. The number of nitrogens with one attached hydrogen (secondary N) is 2. The average Bonchev–Trinajstić information content (AvgIpc) is 3.24. The molecular weight excluding hydrogens is 456 g/mol. The first-order valence-electron chi connectivity index (χ1n) is 11.7. The van der Waals surface area contributed by atoms with Crippen molar-refractivity contribution in [1.29, 1.82) is 0 Å². The molecule has 3 aliphatic heterocycles. The van der Waals surface area contributed by atoms with Crippen molar-refractivity contribution in [2.45, 2.75) is 49.7 Å². The number of rotatable bonds is 5. The van der Waals surface area contributed by atoms with Crippen molar-refractivity contribution < 1.29 is 9.32 Å². The molecule has 2 fully saturated rings. The van der Waals surface area contributed by atoms with Crippen LogP contribution in [0.25, 0.3) is 10.6 Å². The first-order chi connectivity index (χ1) is 16.1. The topological polar surface area (TPSA) is 96.8 Å². The molecule has 8 nitrogen and oxygen atoms in total. The van der Waals surface area contributed by atoms with Crippen LogP contribution in [0.2, 0.25) is 0 Å². The van der Waals surface area contributed by atoms with Crippen LogP contribution in [-0.4, -0.2) is 79.5 Å². The van der Waals surface area contributed by atoms with Crippen LogP contribution in [0.1, 0.15) is 43.7 Å². The molecule has 2 aromatic rings. The van der Waals surface area contributed by atoms with Crippen LogP contribution < -0.4 is 5.32 Å². The highest BCUT2D eigenvalue weighted by Gasteiger charge is 2.48. The molecule has 176 valence electrons. The summed E-state index contributed by atoms with van der Waals surface area (Å²) >= 11 is 1.71. The largest absolute Gasteiger partial charge is 0.394 e. The molecule has 3 N–H and O–H groups in total. The smallest absolute Gasteiger partial charge is 0.202 e. The summed E-state index contributed by atoms with van der Waals surface area (Å²) in [6, 6.07) is 6.37. The van der Waals surface area contributed by atoms with E-state index >= 15 is 0 Å². The van der Waals surface area contributed by atoms with Crippen molar-refractivity contribution in [3.63, 3.8) is 0 Å². The van der Waals surface area contributed by atoms with Gasteiger partial charge in [0.05, 0.1) is 32.9 Å². The van der Waals surface area contributed by atoms with Gasteiger partial charge in [-0.3, -0.25) is 14.6 Å². The lowest BCUT2D eigenvalue weighted by atomic mass is 9.93. The van der Waals surface area contributed by atoms with E-state index in [0.717, 1.165) is 67.4 Å². The molecule has 0 aromatic carbocycles. The molecule has 1 saturated carbocycles. The summed E-state index contributed by atoms with van der Waals surface area (Å²) in [4.78, 5) is 11.6. The molecule has 2 unspecified atom stereocenters. The summed E-state index contributed by atoms with van der Waals surface area (Å²) in [5, 5.41) is 23.4. The quantitative estimate of drug-likeness (QED) is 0.601. The van der Waals surface area contributed by atoms with Gasteiger partial charge in [-0.15, -0.1) is 11.3 Å². The summed E-state index contributed by atoms with van der Waals surface area (Å²) in [6.45, 7) is 1.96. The Morgan fingerprint density at radius 3 is 2.88 bits per heavy atom. The van der Waals surface area contributed by atoms with E-state index in [-0.39, 0.29) is 18.3 Å². The number of nitrogens with zero attached hydrogens (tertiary/aromatic N) is 4. The van der Waals surface area contributed by atoms with Crippen molar-refractivity contribution in [2.75, 3.05) is 32.5 Å². The van der Waals surface area contributed by atoms with Crippen LogP contribution in [0.3, 0.4) is 0 Å². The van der Waals surface area contributed by atoms with Gasteiger partial charge in [0, 0.05) is 49.5 Å². The minimum atomic E-state index is -1.00. The second-order valence-corrected chi connectivity index (χ2v) is 12.1. The third kappa shape index (κ3) is 3.86. The molecular formula is C23H30N6O2S2. The molecule has 4 aliphatic rings. The highest BCUT2D eigenvalue weighted by atomic mass is 32.2. The number of piperidine rings is 1. The lowest BCUT2D eigenvalue weighted by Crippen LogP contribution is -2.59. The number of likely N-dealkylation sites (N-methyl/N-ethyl adjacent to an activating group) is 1. The maximum absolute atomic E-state index is 12.8. The Morgan fingerprint density at radius 1 is 1.36 bits per heavy atom. The molecule has 0 amide bonds. The zero-order chi connectivity index (χ0) is 22.6. The number of aliphatic hydroxyl groups excluding tert-OH is 1. The molecule has 6 rings (SSSR count). The first-order valence-corrected chi connectivity index (χ1v) is 13.9. The zero-order valence-corrected chi connectivity index (χ0v) is 20.4. The average molecular weight is 487 g/mol. The number of hydrogen-bond donors (Lipinski definition) is 3. The summed E-state index contributed by atoms with van der Waals surface area (Å²) in [6.07, 6.45) is 4.59. The number of hydrogen-bond acceptors (Lipinski definition) is 8. The number of aliphatic imine (C=N–C) groups is 1. The minimum absolute atomic E-state index is 0.113. The lowest BCUT2D eigenvalue weighted by molar-refractivity contribution is 0.186. The molecule has 0 spiro atoms. The molecule has 10 heteroatoms. The molecule has 5 heterocycles. The van der Waals surface area contributed by atoms with Crippen molar-refractivity contribution in [2.24, 2.45) is 4.99 Å². The second-order valence-electron chi connectivity index (χ2n) is 9.57. The Balaban J connectivity index is 1.18. The lowest BCUT2D eigenvalue weighted by Gasteiger charge is -2.43. The SMILES string of the molecule is CN1C(N2CCC(c3cc(-c4cccs4)n[nH]3)CC2)=NC2=C(C1NC1(CO)CC1)S(=O)CC2. The van der Waals surface area contributed by atoms with Crippen molar-refractivity contribution in [1.82, 2.24) is 25.3 Å². The number of H-pyrrole nitrogens is 1. The van der Waals surface area contributed by atoms with E-state index in [4.69, 9.17) is 4.99 Å². The van der Waals surface area contributed by atoms with Gasteiger partial charge in [0.1, 0.15) is 11.9 Å². The normalized spacial score (nSPS) is 27.2. The van der Waals surface area contributed by atoms with Crippen LogP contribution in [0.15, 0.2) is 39.2 Å². The third-order valence-electron chi connectivity index (χ3n) is 7.43. The highest BCUT2D eigenvalue weighted by Crippen LogP contribution is 2.40. The van der Waals surface area contributed by atoms with Crippen molar-refractivity contribution in [3.05, 3.63) is 39.9 Å². The van der Waals surface area contributed by atoms with Gasteiger partial charge >= 0.3 is 0 Å². The van der Waals surface area contributed by atoms with Crippen LogP contribution in [-0.2, 0) is 10.8 Å². The second kappa shape index (κ2) is 8.33. The van der Waals surface area contributed by atoms with Gasteiger partial charge in [-0.2, -0.15) is 5.10 Å². The fourth-order valence-corrected chi connectivity index (χ4v) is 7.33. The summed E-state index contributed by atoms with van der Waals surface area (Å²) < 4.78 is 12.8. The number of allylic oxidation sites excluding steroid dienone is 1. The van der Waals surface area contributed by atoms with Gasteiger partial charge < -0.3 is 14.9 Å². The number of aromatic nitrogens is 2. The van der Waals surface area contributed by atoms with E-state index in [2.05, 4.69) is 48.9 Å².